The van der Waals surface area contributed by atoms with Crippen LogP contribution < -0.4 is 10.2 Å². The van der Waals surface area contributed by atoms with Gasteiger partial charge in [-0.1, -0.05) is 12.2 Å². The SMILES string of the molecule is CCOCc1nc2c(c(N3CC=CCC3)n1)CCNCC2. The molecule has 0 atom stereocenters. The third-order valence-corrected chi connectivity index (χ3v) is 4.00. The summed E-state index contributed by atoms with van der Waals surface area (Å²) in [6.07, 6.45) is 7.57. The Bertz CT molecular complexity index is 515. The zero-order chi connectivity index (χ0) is 14.5. The lowest BCUT2D eigenvalue weighted by molar-refractivity contribution is 0.128. The highest BCUT2D eigenvalue weighted by atomic mass is 16.5. The van der Waals surface area contributed by atoms with Crippen molar-refractivity contribution in [1.82, 2.24) is 15.3 Å². The first kappa shape index (κ1) is 14.5. The minimum absolute atomic E-state index is 0.508. The van der Waals surface area contributed by atoms with Crippen molar-refractivity contribution < 1.29 is 4.74 Å². The summed E-state index contributed by atoms with van der Waals surface area (Å²) in [6.45, 7) is 7.21. The maximum absolute atomic E-state index is 5.51. The van der Waals surface area contributed by atoms with Gasteiger partial charge in [0.15, 0.2) is 5.82 Å². The quantitative estimate of drug-likeness (QED) is 0.850. The molecule has 3 heterocycles. The molecule has 0 aliphatic carbocycles. The fourth-order valence-electron chi connectivity index (χ4n) is 2.93. The van der Waals surface area contributed by atoms with E-state index in [1.54, 1.807) is 0 Å². The first-order chi connectivity index (χ1) is 10.4. The Morgan fingerprint density at radius 3 is 2.95 bits per heavy atom. The molecule has 0 spiro atoms. The van der Waals surface area contributed by atoms with Crippen LogP contribution >= 0.6 is 0 Å². The van der Waals surface area contributed by atoms with Gasteiger partial charge in [-0.2, -0.15) is 0 Å². The third-order valence-electron chi connectivity index (χ3n) is 4.00. The number of nitrogens with one attached hydrogen (secondary N) is 1. The van der Waals surface area contributed by atoms with Gasteiger partial charge in [-0.15, -0.1) is 0 Å². The molecular weight excluding hydrogens is 264 g/mol. The highest BCUT2D eigenvalue weighted by molar-refractivity contribution is 5.51. The van der Waals surface area contributed by atoms with Gasteiger partial charge >= 0.3 is 0 Å². The van der Waals surface area contributed by atoms with Crippen LogP contribution in [0, 0.1) is 0 Å². The molecule has 0 unspecified atom stereocenters. The Morgan fingerprint density at radius 1 is 1.24 bits per heavy atom. The maximum atomic E-state index is 5.51. The molecule has 0 bridgehead atoms. The van der Waals surface area contributed by atoms with Crippen molar-refractivity contribution in [2.75, 3.05) is 37.7 Å². The van der Waals surface area contributed by atoms with Crippen LogP contribution in [0.25, 0.3) is 0 Å². The maximum Gasteiger partial charge on any atom is 0.156 e. The van der Waals surface area contributed by atoms with Gasteiger partial charge in [0.25, 0.3) is 0 Å². The standard InChI is InChI=1S/C16H24N4O/c1-2-21-12-15-18-14-7-9-17-8-6-13(14)16(19-15)20-10-4-3-5-11-20/h3-4,17H,2,5-12H2,1H3. The van der Waals surface area contributed by atoms with E-state index in [0.717, 1.165) is 57.1 Å². The summed E-state index contributed by atoms with van der Waals surface area (Å²) in [5.41, 5.74) is 2.53. The van der Waals surface area contributed by atoms with E-state index in [4.69, 9.17) is 14.7 Å². The second kappa shape index (κ2) is 7.00. The Kier molecular flexibility index (Phi) is 4.83. The van der Waals surface area contributed by atoms with Crippen LogP contribution in [0.1, 0.15) is 30.4 Å². The predicted octanol–water partition coefficient (Wildman–Crippen LogP) is 1.47. The molecule has 1 aromatic rings. The fourth-order valence-corrected chi connectivity index (χ4v) is 2.93. The lowest BCUT2D eigenvalue weighted by Crippen LogP contribution is -2.30. The van der Waals surface area contributed by atoms with Crippen molar-refractivity contribution >= 4 is 5.82 Å². The van der Waals surface area contributed by atoms with Gasteiger partial charge in [0.2, 0.25) is 0 Å². The van der Waals surface area contributed by atoms with Crippen LogP contribution in [0.2, 0.25) is 0 Å². The van der Waals surface area contributed by atoms with Gasteiger partial charge in [0, 0.05) is 38.2 Å². The number of anilines is 1. The number of aromatic nitrogens is 2. The van der Waals surface area contributed by atoms with Crippen molar-refractivity contribution in [3.63, 3.8) is 0 Å². The molecule has 0 aromatic carbocycles. The zero-order valence-corrected chi connectivity index (χ0v) is 12.8. The zero-order valence-electron chi connectivity index (χ0n) is 12.8. The smallest absolute Gasteiger partial charge is 0.156 e. The number of nitrogens with zero attached hydrogens (tertiary/aromatic N) is 3. The number of hydrogen-bond donors (Lipinski definition) is 1. The third kappa shape index (κ3) is 3.41. The highest BCUT2D eigenvalue weighted by Crippen LogP contribution is 2.25. The summed E-state index contributed by atoms with van der Waals surface area (Å²) in [5.74, 6) is 1.95. The second-order valence-electron chi connectivity index (χ2n) is 5.48. The summed E-state index contributed by atoms with van der Waals surface area (Å²) in [5, 5.41) is 3.46. The van der Waals surface area contributed by atoms with Gasteiger partial charge in [0.1, 0.15) is 12.4 Å². The van der Waals surface area contributed by atoms with E-state index >= 15 is 0 Å². The van der Waals surface area contributed by atoms with Crippen molar-refractivity contribution in [3.8, 4) is 0 Å². The monoisotopic (exact) mass is 288 g/mol. The van der Waals surface area contributed by atoms with Gasteiger partial charge in [-0.3, -0.25) is 0 Å². The molecule has 0 saturated heterocycles. The topological polar surface area (TPSA) is 50.3 Å². The van der Waals surface area contributed by atoms with Crippen LogP contribution in [0.5, 0.6) is 0 Å². The van der Waals surface area contributed by atoms with Crippen LogP contribution in [0.3, 0.4) is 0 Å². The van der Waals surface area contributed by atoms with Gasteiger partial charge in [-0.25, -0.2) is 9.97 Å². The number of ether oxygens (including phenoxy) is 1. The molecule has 5 nitrogen and oxygen atoms in total. The molecule has 0 radical (unpaired) electrons. The van der Waals surface area contributed by atoms with E-state index in [1.165, 1.54) is 11.3 Å². The lowest BCUT2D eigenvalue weighted by Gasteiger charge is -2.27. The Morgan fingerprint density at radius 2 is 2.14 bits per heavy atom. The van der Waals surface area contributed by atoms with Crippen LogP contribution in [0.15, 0.2) is 12.2 Å². The van der Waals surface area contributed by atoms with Gasteiger partial charge < -0.3 is 15.0 Å². The molecular formula is C16H24N4O. The van der Waals surface area contributed by atoms with Crippen LogP contribution in [-0.4, -0.2) is 42.8 Å². The summed E-state index contributed by atoms with van der Waals surface area (Å²) in [7, 11) is 0. The minimum Gasteiger partial charge on any atom is -0.374 e. The Balaban J connectivity index is 1.95. The molecule has 0 fully saturated rings. The van der Waals surface area contributed by atoms with E-state index in [0.29, 0.717) is 13.2 Å². The normalized spacial score (nSPS) is 18.4. The molecule has 0 saturated carbocycles. The lowest BCUT2D eigenvalue weighted by atomic mass is 10.1. The van der Waals surface area contributed by atoms with Crippen molar-refractivity contribution in [1.29, 1.82) is 0 Å². The predicted molar refractivity (Wildman–Crippen MR) is 83.6 cm³/mol. The van der Waals surface area contributed by atoms with Gasteiger partial charge in [-0.05, 0) is 26.3 Å². The summed E-state index contributed by atoms with van der Waals surface area (Å²) < 4.78 is 5.51. The first-order valence-corrected chi connectivity index (χ1v) is 7.95. The summed E-state index contributed by atoms with van der Waals surface area (Å²) in [4.78, 5) is 11.9. The molecule has 2 aliphatic heterocycles. The van der Waals surface area contributed by atoms with E-state index < -0.39 is 0 Å². The average Bonchev–Trinajstić information content (AvgIpc) is 2.78. The van der Waals surface area contributed by atoms with Crippen LogP contribution in [-0.2, 0) is 24.2 Å². The second-order valence-corrected chi connectivity index (χ2v) is 5.48. The molecule has 5 heteroatoms. The minimum atomic E-state index is 0.508. The van der Waals surface area contributed by atoms with Crippen molar-refractivity contribution in [2.24, 2.45) is 0 Å². The van der Waals surface area contributed by atoms with Crippen molar-refractivity contribution in [2.45, 2.75) is 32.8 Å². The first-order valence-electron chi connectivity index (χ1n) is 7.95. The molecule has 1 aromatic heterocycles. The Labute approximate surface area is 126 Å². The molecule has 1 N–H and O–H groups in total. The van der Waals surface area contributed by atoms with Crippen molar-refractivity contribution in [3.05, 3.63) is 29.2 Å². The molecule has 21 heavy (non-hydrogen) atoms. The summed E-state index contributed by atoms with van der Waals surface area (Å²) in [6, 6.07) is 0. The number of rotatable bonds is 4. The van der Waals surface area contributed by atoms with Gasteiger partial charge in [0.05, 0.1) is 5.69 Å². The number of hydrogen-bond acceptors (Lipinski definition) is 5. The number of fused-ring (bicyclic) bond motifs is 1. The molecule has 3 rings (SSSR count). The molecule has 114 valence electrons. The average molecular weight is 288 g/mol. The molecule has 2 aliphatic rings. The van der Waals surface area contributed by atoms with Crippen LogP contribution in [0.4, 0.5) is 5.82 Å². The summed E-state index contributed by atoms with van der Waals surface area (Å²) >= 11 is 0. The van der Waals surface area contributed by atoms with E-state index in [-0.39, 0.29) is 0 Å². The fraction of sp³-hybridized carbons (Fsp3) is 0.625. The van der Waals surface area contributed by atoms with E-state index in [2.05, 4.69) is 22.4 Å². The molecule has 0 amide bonds. The Hall–Kier alpha value is -1.46. The van der Waals surface area contributed by atoms with E-state index in [9.17, 15) is 0 Å². The highest BCUT2D eigenvalue weighted by Gasteiger charge is 2.20. The largest absolute Gasteiger partial charge is 0.374 e. The van der Waals surface area contributed by atoms with E-state index in [1.807, 2.05) is 6.92 Å².